The fourth-order valence-corrected chi connectivity index (χ4v) is 2.61. The second kappa shape index (κ2) is 6.95. The molecular weight excluding hydrogens is 324 g/mol. The summed E-state index contributed by atoms with van der Waals surface area (Å²) in [7, 11) is 0. The third-order valence-corrected chi connectivity index (χ3v) is 3.75. The van der Waals surface area contributed by atoms with Gasteiger partial charge in [-0.25, -0.2) is 8.78 Å². The third kappa shape index (κ3) is 3.64. The van der Waals surface area contributed by atoms with Gasteiger partial charge in [0.15, 0.2) is 0 Å². The van der Waals surface area contributed by atoms with Gasteiger partial charge in [-0.3, -0.25) is 0 Å². The van der Waals surface area contributed by atoms with Crippen LogP contribution in [0.1, 0.15) is 24.1 Å². The molecule has 1 unspecified atom stereocenters. The fraction of sp³-hybridized carbons (Fsp3) is 0.250. The monoisotopic (exact) mass is 339 g/mol. The first-order chi connectivity index (χ1) is 9.61. The molecule has 1 atom stereocenters. The van der Waals surface area contributed by atoms with E-state index in [-0.39, 0.29) is 17.7 Å². The zero-order valence-corrected chi connectivity index (χ0v) is 12.8. The summed E-state index contributed by atoms with van der Waals surface area (Å²) in [5.74, 6) is -0.540. The standard InChI is InChI=1S/C16H16BrF2N/c1-2-20-15(10-11-5-3-6-12(18)9-11)13-7-4-8-14(17)16(13)19/h3-9,15,20H,2,10H2,1H3. The van der Waals surface area contributed by atoms with Crippen LogP contribution in [0.15, 0.2) is 46.9 Å². The van der Waals surface area contributed by atoms with Crippen molar-refractivity contribution < 1.29 is 8.78 Å². The quantitative estimate of drug-likeness (QED) is 0.837. The molecule has 4 heteroatoms. The van der Waals surface area contributed by atoms with Crippen LogP contribution in [-0.4, -0.2) is 6.54 Å². The van der Waals surface area contributed by atoms with Crippen LogP contribution in [0.3, 0.4) is 0 Å². The summed E-state index contributed by atoms with van der Waals surface area (Å²) in [6.45, 7) is 2.68. The summed E-state index contributed by atoms with van der Waals surface area (Å²) >= 11 is 3.20. The van der Waals surface area contributed by atoms with E-state index in [1.165, 1.54) is 12.1 Å². The van der Waals surface area contributed by atoms with Crippen molar-refractivity contribution in [3.05, 3.63) is 69.7 Å². The van der Waals surface area contributed by atoms with Crippen LogP contribution < -0.4 is 5.32 Å². The zero-order valence-electron chi connectivity index (χ0n) is 11.2. The van der Waals surface area contributed by atoms with Crippen LogP contribution in [0.4, 0.5) is 8.78 Å². The summed E-state index contributed by atoms with van der Waals surface area (Å²) in [4.78, 5) is 0. The molecule has 0 aromatic heterocycles. The van der Waals surface area contributed by atoms with E-state index < -0.39 is 0 Å². The molecule has 0 aliphatic heterocycles. The first-order valence-corrected chi connectivity index (χ1v) is 7.33. The molecule has 1 N–H and O–H groups in total. The van der Waals surface area contributed by atoms with Crippen molar-refractivity contribution in [2.75, 3.05) is 6.54 Å². The Morgan fingerprint density at radius 3 is 2.60 bits per heavy atom. The Hall–Kier alpha value is -1.26. The summed E-state index contributed by atoms with van der Waals surface area (Å²) < 4.78 is 27.9. The molecule has 2 rings (SSSR count). The Balaban J connectivity index is 2.29. The number of rotatable bonds is 5. The number of benzene rings is 2. The van der Waals surface area contributed by atoms with Crippen LogP contribution >= 0.6 is 15.9 Å². The van der Waals surface area contributed by atoms with Crippen LogP contribution in [-0.2, 0) is 6.42 Å². The molecule has 106 valence electrons. The lowest BCUT2D eigenvalue weighted by Crippen LogP contribution is -2.24. The van der Waals surface area contributed by atoms with E-state index in [0.717, 1.165) is 5.56 Å². The van der Waals surface area contributed by atoms with Crippen molar-refractivity contribution in [2.24, 2.45) is 0 Å². The predicted molar refractivity (Wildman–Crippen MR) is 80.6 cm³/mol. The van der Waals surface area contributed by atoms with Gasteiger partial charge in [-0.15, -0.1) is 0 Å². The lowest BCUT2D eigenvalue weighted by Gasteiger charge is -2.19. The number of likely N-dealkylation sites (N-methyl/N-ethyl adjacent to an activating group) is 1. The predicted octanol–water partition coefficient (Wildman–Crippen LogP) is 4.62. The minimum absolute atomic E-state index is 0.181. The zero-order chi connectivity index (χ0) is 14.5. The molecule has 0 heterocycles. The summed E-state index contributed by atoms with van der Waals surface area (Å²) in [5.41, 5.74) is 1.43. The average molecular weight is 340 g/mol. The minimum atomic E-state index is -0.271. The first kappa shape index (κ1) is 15.1. The highest BCUT2D eigenvalue weighted by Gasteiger charge is 2.17. The van der Waals surface area contributed by atoms with Crippen LogP contribution in [0, 0.1) is 11.6 Å². The van der Waals surface area contributed by atoms with Crippen molar-refractivity contribution >= 4 is 15.9 Å². The van der Waals surface area contributed by atoms with Crippen molar-refractivity contribution in [3.8, 4) is 0 Å². The van der Waals surface area contributed by atoms with Gasteiger partial charge >= 0.3 is 0 Å². The summed E-state index contributed by atoms with van der Waals surface area (Å²) in [6.07, 6.45) is 0.541. The Labute approximate surface area is 126 Å². The van der Waals surface area contributed by atoms with Crippen LogP contribution in [0.25, 0.3) is 0 Å². The number of halogens is 3. The van der Waals surface area contributed by atoms with E-state index in [0.29, 0.717) is 23.0 Å². The second-order valence-electron chi connectivity index (χ2n) is 4.59. The van der Waals surface area contributed by atoms with Gasteiger partial charge in [-0.1, -0.05) is 31.2 Å². The lowest BCUT2D eigenvalue weighted by molar-refractivity contribution is 0.506. The first-order valence-electron chi connectivity index (χ1n) is 6.53. The van der Waals surface area contributed by atoms with Gasteiger partial charge in [0.2, 0.25) is 0 Å². The molecule has 2 aromatic carbocycles. The van der Waals surface area contributed by atoms with E-state index >= 15 is 0 Å². The molecule has 0 fully saturated rings. The highest BCUT2D eigenvalue weighted by atomic mass is 79.9. The Morgan fingerprint density at radius 1 is 1.15 bits per heavy atom. The smallest absolute Gasteiger partial charge is 0.142 e. The molecule has 0 saturated carbocycles. The molecule has 0 spiro atoms. The molecule has 1 nitrogen and oxygen atoms in total. The SMILES string of the molecule is CCNC(Cc1cccc(F)c1)c1cccc(Br)c1F. The number of hydrogen-bond acceptors (Lipinski definition) is 1. The van der Waals surface area contributed by atoms with E-state index in [9.17, 15) is 8.78 Å². The Kier molecular flexibility index (Phi) is 5.26. The highest BCUT2D eigenvalue weighted by Crippen LogP contribution is 2.26. The maximum atomic E-state index is 14.2. The van der Waals surface area contributed by atoms with E-state index in [2.05, 4.69) is 21.2 Å². The second-order valence-corrected chi connectivity index (χ2v) is 5.44. The third-order valence-electron chi connectivity index (χ3n) is 3.14. The normalized spacial score (nSPS) is 12.4. The van der Waals surface area contributed by atoms with Gasteiger partial charge in [0.05, 0.1) is 4.47 Å². The van der Waals surface area contributed by atoms with Crippen LogP contribution in [0.2, 0.25) is 0 Å². The van der Waals surface area contributed by atoms with E-state index in [4.69, 9.17) is 0 Å². The fourth-order valence-electron chi connectivity index (χ4n) is 2.23. The number of nitrogens with one attached hydrogen (secondary N) is 1. The molecule has 0 aliphatic rings. The molecule has 0 bridgehead atoms. The molecule has 0 amide bonds. The Bertz CT molecular complexity index is 586. The van der Waals surface area contributed by atoms with Gasteiger partial charge in [0, 0.05) is 11.6 Å². The summed E-state index contributed by atoms with van der Waals surface area (Å²) in [6, 6.07) is 11.5. The van der Waals surface area contributed by atoms with Gasteiger partial charge in [0.25, 0.3) is 0 Å². The van der Waals surface area contributed by atoms with Gasteiger partial charge < -0.3 is 5.32 Å². The van der Waals surface area contributed by atoms with E-state index in [1.54, 1.807) is 24.3 Å². The average Bonchev–Trinajstić information content (AvgIpc) is 2.42. The van der Waals surface area contributed by atoms with E-state index in [1.807, 2.05) is 13.0 Å². The molecule has 0 radical (unpaired) electrons. The van der Waals surface area contributed by atoms with Gasteiger partial charge in [0.1, 0.15) is 11.6 Å². The molecule has 20 heavy (non-hydrogen) atoms. The van der Waals surface area contributed by atoms with Crippen molar-refractivity contribution in [3.63, 3.8) is 0 Å². The topological polar surface area (TPSA) is 12.0 Å². The highest BCUT2D eigenvalue weighted by molar-refractivity contribution is 9.10. The van der Waals surface area contributed by atoms with Crippen molar-refractivity contribution in [1.29, 1.82) is 0 Å². The van der Waals surface area contributed by atoms with Crippen molar-refractivity contribution in [2.45, 2.75) is 19.4 Å². The minimum Gasteiger partial charge on any atom is -0.310 e. The maximum Gasteiger partial charge on any atom is 0.142 e. The molecular formula is C16H16BrF2N. The summed E-state index contributed by atoms with van der Waals surface area (Å²) in [5, 5.41) is 3.25. The Morgan fingerprint density at radius 2 is 1.90 bits per heavy atom. The van der Waals surface area contributed by atoms with Gasteiger partial charge in [-0.2, -0.15) is 0 Å². The van der Waals surface area contributed by atoms with Crippen molar-refractivity contribution in [1.82, 2.24) is 5.32 Å². The largest absolute Gasteiger partial charge is 0.310 e. The van der Waals surface area contributed by atoms with Gasteiger partial charge in [-0.05, 0) is 52.7 Å². The molecule has 0 saturated heterocycles. The lowest BCUT2D eigenvalue weighted by atomic mass is 9.98. The molecule has 2 aromatic rings. The number of hydrogen-bond donors (Lipinski definition) is 1. The maximum absolute atomic E-state index is 14.2. The molecule has 0 aliphatic carbocycles. The van der Waals surface area contributed by atoms with Crippen LogP contribution in [0.5, 0.6) is 0 Å².